The molecule has 0 aliphatic heterocycles. The average molecular weight is 652 g/mol. The Bertz CT molecular complexity index is 1740. The highest BCUT2D eigenvalue weighted by Crippen LogP contribution is 2.44. The van der Waals surface area contributed by atoms with Crippen molar-refractivity contribution in [2.75, 3.05) is 26.8 Å². The molecule has 0 radical (unpaired) electrons. The van der Waals surface area contributed by atoms with Crippen molar-refractivity contribution in [3.63, 3.8) is 0 Å². The minimum atomic E-state index is -1.08. The molecule has 1 unspecified atom stereocenters. The van der Waals surface area contributed by atoms with Gasteiger partial charge in [0, 0.05) is 47.8 Å². The number of alkyl halides is 1. The first-order chi connectivity index (χ1) is 21.9. The number of ether oxygens (including phenoxy) is 2. The van der Waals surface area contributed by atoms with Crippen LogP contribution in [0.15, 0.2) is 54.6 Å². The first-order valence-corrected chi connectivity index (χ1v) is 16.9. The molecular formula is C36H44Cl2N4O3. The molecule has 0 aliphatic rings. The fourth-order valence-corrected chi connectivity index (χ4v) is 6.93. The van der Waals surface area contributed by atoms with Crippen molar-refractivity contribution in [3.8, 4) is 16.9 Å². The zero-order chi connectivity index (χ0) is 31.9. The van der Waals surface area contributed by atoms with Gasteiger partial charge in [0.25, 0.3) is 0 Å². The summed E-state index contributed by atoms with van der Waals surface area (Å²) < 4.78 is 16.3. The maximum atomic E-state index is 11.5. The van der Waals surface area contributed by atoms with E-state index in [0.717, 1.165) is 93.4 Å². The molecule has 0 bridgehead atoms. The van der Waals surface area contributed by atoms with Crippen LogP contribution in [0.4, 0.5) is 0 Å². The lowest BCUT2D eigenvalue weighted by molar-refractivity contribution is -0.103. The van der Waals surface area contributed by atoms with Gasteiger partial charge >= 0.3 is 0 Å². The van der Waals surface area contributed by atoms with Gasteiger partial charge in [-0.2, -0.15) is 5.10 Å². The number of halogens is 2. The molecule has 240 valence electrons. The predicted molar refractivity (Wildman–Crippen MR) is 186 cm³/mol. The van der Waals surface area contributed by atoms with E-state index in [-0.39, 0.29) is 5.88 Å². The number of aliphatic hydroxyl groups is 1. The van der Waals surface area contributed by atoms with Crippen LogP contribution < -0.4 is 10.1 Å². The number of nitrogens with zero attached hydrogens (tertiary/aromatic N) is 3. The first-order valence-electron chi connectivity index (χ1n) is 15.9. The number of benzene rings is 3. The molecule has 3 aromatic carbocycles. The standard InChI is InChI=1S/C36H44Cl2N4O3/c1-5-30-33(29(23-37)40-41(30)4)32-28(38)19-18-27-26(16-12-22-45-31-17-11-14-24-13-7-8-15-25(24)31)35(36(43)44-6-2)42(34(27)32)21-10-9-20-39-3/h7-8,11,13-15,17-19,36,39,43H,5-6,9-10,12,16,20-23H2,1-4H3. The Morgan fingerprint density at radius 2 is 1.78 bits per heavy atom. The third kappa shape index (κ3) is 6.88. The van der Waals surface area contributed by atoms with Crippen molar-refractivity contribution in [2.45, 2.75) is 64.7 Å². The molecule has 45 heavy (non-hydrogen) atoms. The van der Waals surface area contributed by atoms with Crippen molar-refractivity contribution in [2.24, 2.45) is 7.05 Å². The van der Waals surface area contributed by atoms with Crippen LogP contribution in [0, 0.1) is 0 Å². The summed E-state index contributed by atoms with van der Waals surface area (Å²) in [7, 11) is 3.92. The minimum Gasteiger partial charge on any atom is -0.493 e. The molecule has 9 heteroatoms. The lowest BCUT2D eigenvalue weighted by Crippen LogP contribution is -2.15. The number of unbranched alkanes of at least 4 members (excludes halogenated alkanes) is 1. The predicted octanol–water partition coefficient (Wildman–Crippen LogP) is 8.19. The van der Waals surface area contributed by atoms with Gasteiger partial charge < -0.3 is 24.5 Å². The fourth-order valence-electron chi connectivity index (χ4n) is 6.50. The molecule has 0 fully saturated rings. The number of rotatable bonds is 16. The van der Waals surface area contributed by atoms with Gasteiger partial charge in [0.1, 0.15) is 5.75 Å². The highest BCUT2D eigenvalue weighted by molar-refractivity contribution is 6.35. The number of nitrogens with one attached hydrogen (secondary N) is 1. The summed E-state index contributed by atoms with van der Waals surface area (Å²) in [5, 5.41) is 23.5. The quantitative estimate of drug-likeness (QED) is 0.0640. The van der Waals surface area contributed by atoms with Gasteiger partial charge in [-0.05, 0) is 75.7 Å². The smallest absolute Gasteiger partial charge is 0.196 e. The van der Waals surface area contributed by atoms with Crippen molar-refractivity contribution in [3.05, 3.63) is 82.3 Å². The molecule has 1 atom stereocenters. The van der Waals surface area contributed by atoms with Crippen LogP contribution in [0.1, 0.15) is 62.0 Å². The molecule has 0 saturated heterocycles. The fraction of sp³-hybridized carbons (Fsp3) is 0.417. The first kappa shape index (κ1) is 33.3. The molecule has 2 aromatic heterocycles. The molecule has 5 aromatic rings. The van der Waals surface area contributed by atoms with Crippen LogP contribution in [0.2, 0.25) is 5.02 Å². The Hall–Kier alpha value is -3.07. The normalized spacial score (nSPS) is 12.4. The molecule has 0 amide bonds. The number of aromatic nitrogens is 3. The Balaban J connectivity index is 1.62. The second kappa shape index (κ2) is 15.5. The van der Waals surface area contributed by atoms with Crippen molar-refractivity contribution in [1.82, 2.24) is 19.7 Å². The Morgan fingerprint density at radius 1 is 0.978 bits per heavy atom. The molecule has 2 heterocycles. The van der Waals surface area contributed by atoms with E-state index in [9.17, 15) is 5.11 Å². The van der Waals surface area contributed by atoms with Crippen molar-refractivity contribution < 1.29 is 14.6 Å². The molecular weight excluding hydrogens is 607 g/mol. The average Bonchev–Trinajstić information content (AvgIpc) is 3.54. The van der Waals surface area contributed by atoms with E-state index in [0.29, 0.717) is 31.2 Å². The summed E-state index contributed by atoms with van der Waals surface area (Å²) in [6.45, 7) is 6.56. The van der Waals surface area contributed by atoms with Gasteiger partial charge in [0.2, 0.25) is 0 Å². The molecule has 7 nitrogen and oxygen atoms in total. The molecule has 0 aliphatic carbocycles. The topological polar surface area (TPSA) is 73.5 Å². The zero-order valence-corrected chi connectivity index (χ0v) is 28.2. The van der Waals surface area contributed by atoms with Crippen molar-refractivity contribution in [1.29, 1.82) is 0 Å². The monoisotopic (exact) mass is 650 g/mol. The van der Waals surface area contributed by atoms with Gasteiger partial charge in [0.05, 0.1) is 34.4 Å². The minimum absolute atomic E-state index is 0.269. The second-order valence-electron chi connectivity index (χ2n) is 11.3. The largest absolute Gasteiger partial charge is 0.493 e. The molecule has 0 spiro atoms. The van der Waals surface area contributed by atoms with E-state index in [1.165, 1.54) is 0 Å². The third-order valence-corrected chi connectivity index (χ3v) is 9.04. The van der Waals surface area contributed by atoms with Gasteiger partial charge in [0.15, 0.2) is 6.29 Å². The summed E-state index contributed by atoms with van der Waals surface area (Å²) in [4.78, 5) is 0. The molecule has 2 N–H and O–H groups in total. The van der Waals surface area contributed by atoms with Crippen LogP contribution in [0.25, 0.3) is 32.8 Å². The lowest BCUT2D eigenvalue weighted by atomic mass is 9.97. The Labute approximate surface area is 276 Å². The number of aliphatic hydroxyl groups excluding tert-OH is 1. The van der Waals surface area contributed by atoms with Gasteiger partial charge in [-0.1, -0.05) is 61.0 Å². The number of fused-ring (bicyclic) bond motifs is 2. The van der Waals surface area contributed by atoms with E-state index in [4.69, 9.17) is 37.8 Å². The molecule has 5 rings (SSSR count). The van der Waals surface area contributed by atoms with Crippen LogP contribution in [0.5, 0.6) is 5.75 Å². The van der Waals surface area contributed by atoms with Crippen LogP contribution in [0.3, 0.4) is 0 Å². The van der Waals surface area contributed by atoms with E-state index >= 15 is 0 Å². The SMILES string of the molecule is CCOC(O)c1c(CCCOc2cccc3ccccc23)c2ccc(Cl)c(-c3c(CCl)nn(C)c3CC)c2n1CCCCNC. The number of hydrogen-bond acceptors (Lipinski definition) is 5. The summed E-state index contributed by atoms with van der Waals surface area (Å²) in [6.07, 6.45) is 3.05. The third-order valence-electron chi connectivity index (χ3n) is 8.47. The van der Waals surface area contributed by atoms with Crippen LogP contribution in [-0.2, 0) is 37.1 Å². The lowest BCUT2D eigenvalue weighted by Gasteiger charge is -2.19. The van der Waals surface area contributed by atoms with E-state index in [1.807, 2.05) is 56.0 Å². The maximum absolute atomic E-state index is 11.5. The molecule has 0 saturated carbocycles. The Morgan fingerprint density at radius 3 is 2.53 bits per heavy atom. The van der Waals surface area contributed by atoms with Gasteiger partial charge in [-0.15, -0.1) is 11.6 Å². The highest BCUT2D eigenvalue weighted by Gasteiger charge is 2.29. The summed E-state index contributed by atoms with van der Waals surface area (Å²) in [6, 6.07) is 18.4. The van der Waals surface area contributed by atoms with Crippen LogP contribution in [-0.4, -0.2) is 46.3 Å². The van der Waals surface area contributed by atoms with Gasteiger partial charge in [-0.3, -0.25) is 4.68 Å². The highest BCUT2D eigenvalue weighted by atomic mass is 35.5. The number of hydrogen-bond donors (Lipinski definition) is 2. The van der Waals surface area contributed by atoms with E-state index in [1.54, 1.807) is 0 Å². The van der Waals surface area contributed by atoms with E-state index in [2.05, 4.69) is 41.1 Å². The summed E-state index contributed by atoms with van der Waals surface area (Å²) in [5.74, 6) is 1.15. The second-order valence-corrected chi connectivity index (χ2v) is 11.9. The maximum Gasteiger partial charge on any atom is 0.196 e. The van der Waals surface area contributed by atoms with Crippen molar-refractivity contribution >= 4 is 44.9 Å². The Kier molecular flexibility index (Phi) is 11.5. The summed E-state index contributed by atoms with van der Waals surface area (Å²) >= 11 is 13.6. The zero-order valence-electron chi connectivity index (χ0n) is 26.7. The number of aryl methyl sites for hydroxylation is 3. The summed E-state index contributed by atoms with van der Waals surface area (Å²) in [5.41, 5.74) is 6.56. The van der Waals surface area contributed by atoms with Crippen LogP contribution >= 0.6 is 23.2 Å². The van der Waals surface area contributed by atoms with E-state index < -0.39 is 6.29 Å². The van der Waals surface area contributed by atoms with Gasteiger partial charge in [-0.25, -0.2) is 0 Å².